The van der Waals surface area contributed by atoms with Crippen molar-refractivity contribution in [1.29, 1.82) is 0 Å². The number of hydrogen-bond acceptors (Lipinski definition) is 5. The molecule has 5 aromatic rings. The molecule has 0 bridgehead atoms. The molecule has 0 fully saturated rings. The van der Waals surface area contributed by atoms with E-state index in [0.29, 0.717) is 16.6 Å². The van der Waals surface area contributed by atoms with Crippen molar-refractivity contribution in [3.05, 3.63) is 84.2 Å². The van der Waals surface area contributed by atoms with Crippen molar-refractivity contribution in [1.82, 2.24) is 29.8 Å². The number of hydrogen-bond donors (Lipinski definition) is 0. The molecule has 0 radical (unpaired) electrons. The fourth-order valence-electron chi connectivity index (χ4n) is 3.22. The number of fused-ring (bicyclic) bond motifs is 2. The Bertz CT molecular complexity index is 1350. The average molecular weight is 388 g/mol. The molecule has 0 aliphatic carbocycles. The highest BCUT2D eigenvalue weighted by Gasteiger charge is 2.40. The molecule has 0 atom stereocenters. The lowest BCUT2D eigenvalue weighted by Crippen LogP contribution is -2.20. The molecule has 0 unspecified atom stereocenters. The fourth-order valence-corrected chi connectivity index (χ4v) is 3.22. The number of nitrogens with zero attached hydrogens (tertiary/aromatic N) is 6. The van der Waals surface area contributed by atoms with Crippen LogP contribution in [0, 0.1) is 6.92 Å². The van der Waals surface area contributed by atoms with Crippen molar-refractivity contribution in [3.63, 3.8) is 0 Å². The van der Waals surface area contributed by atoms with E-state index in [2.05, 4.69) is 25.3 Å². The van der Waals surface area contributed by atoms with E-state index in [4.69, 9.17) is 0 Å². The molecule has 29 heavy (non-hydrogen) atoms. The van der Waals surface area contributed by atoms with Gasteiger partial charge < -0.3 is 0 Å². The van der Waals surface area contributed by atoms with Gasteiger partial charge in [0.05, 0.1) is 11.2 Å². The summed E-state index contributed by atoms with van der Waals surface area (Å²) < 4.78 is 31.8. The second kappa shape index (κ2) is 6.37. The topological polar surface area (TPSA) is 68.9 Å². The van der Waals surface area contributed by atoms with Gasteiger partial charge in [-0.15, -0.1) is 10.2 Å². The Kier molecular flexibility index (Phi) is 3.80. The fraction of sp³-hybridized carbons (Fsp3) is 0.0952. The summed E-state index contributed by atoms with van der Waals surface area (Å²) in [5.74, 6) is -3.90. The molecule has 0 amide bonds. The molecule has 0 saturated heterocycles. The number of aromatic nitrogens is 6. The van der Waals surface area contributed by atoms with Gasteiger partial charge in [-0.1, -0.05) is 12.1 Å². The third-order valence-corrected chi connectivity index (χ3v) is 4.72. The number of pyridine rings is 2. The van der Waals surface area contributed by atoms with Gasteiger partial charge in [-0.05, 0) is 43.3 Å². The lowest BCUT2D eigenvalue weighted by Gasteiger charge is -2.15. The van der Waals surface area contributed by atoms with E-state index < -0.39 is 11.7 Å². The normalized spacial score (nSPS) is 12.0. The first-order chi connectivity index (χ1) is 14.0. The summed E-state index contributed by atoms with van der Waals surface area (Å²) in [4.78, 5) is 8.48. The van der Waals surface area contributed by atoms with Crippen LogP contribution in [0.25, 0.3) is 27.7 Å². The summed E-state index contributed by atoms with van der Waals surface area (Å²) in [7, 11) is 0. The van der Waals surface area contributed by atoms with Gasteiger partial charge in [-0.3, -0.25) is 9.97 Å². The minimum Gasteiger partial charge on any atom is -0.264 e. The SMILES string of the molecule is Cc1ccc2nnc(C(F)(F)c3ccc4ncc(-c5cccnc5)cc4c3)n2n1. The van der Waals surface area contributed by atoms with Crippen LogP contribution in [0.3, 0.4) is 0 Å². The van der Waals surface area contributed by atoms with Crippen molar-refractivity contribution in [2.45, 2.75) is 12.8 Å². The minimum atomic E-state index is -3.38. The molecule has 8 heteroatoms. The van der Waals surface area contributed by atoms with Gasteiger partial charge in [0.2, 0.25) is 5.82 Å². The van der Waals surface area contributed by atoms with Crippen molar-refractivity contribution in [2.75, 3.05) is 0 Å². The summed E-state index contributed by atoms with van der Waals surface area (Å²) in [5, 5.41) is 12.3. The highest BCUT2D eigenvalue weighted by Crippen LogP contribution is 2.36. The number of halogens is 2. The van der Waals surface area contributed by atoms with Gasteiger partial charge in [-0.2, -0.15) is 18.4 Å². The summed E-state index contributed by atoms with van der Waals surface area (Å²) in [6.45, 7) is 1.73. The third-order valence-electron chi connectivity index (χ3n) is 4.72. The maximum atomic E-state index is 15.3. The number of rotatable bonds is 3. The lowest BCUT2D eigenvalue weighted by atomic mass is 10.0. The highest BCUT2D eigenvalue weighted by molar-refractivity contribution is 5.84. The Balaban J connectivity index is 1.64. The van der Waals surface area contributed by atoms with Crippen molar-refractivity contribution < 1.29 is 8.78 Å². The van der Waals surface area contributed by atoms with Crippen molar-refractivity contribution in [3.8, 4) is 11.1 Å². The molecule has 0 aliphatic rings. The highest BCUT2D eigenvalue weighted by atomic mass is 19.3. The van der Waals surface area contributed by atoms with Crippen LogP contribution in [0.1, 0.15) is 17.1 Å². The molecule has 0 N–H and O–H groups in total. The first-order valence-corrected chi connectivity index (χ1v) is 8.90. The van der Waals surface area contributed by atoms with Crippen LogP contribution in [0.4, 0.5) is 8.78 Å². The molecule has 0 aliphatic heterocycles. The largest absolute Gasteiger partial charge is 0.333 e. The van der Waals surface area contributed by atoms with E-state index in [-0.39, 0.29) is 11.2 Å². The molecule has 0 saturated carbocycles. The van der Waals surface area contributed by atoms with Crippen LogP contribution < -0.4 is 0 Å². The van der Waals surface area contributed by atoms with Crippen molar-refractivity contribution >= 4 is 16.6 Å². The molecule has 1 aromatic carbocycles. The summed E-state index contributed by atoms with van der Waals surface area (Å²) in [6, 6.07) is 13.2. The first kappa shape index (κ1) is 17.3. The van der Waals surface area contributed by atoms with Gasteiger partial charge in [0.25, 0.3) is 0 Å². The molecular formula is C21H14F2N6. The van der Waals surface area contributed by atoms with Crippen LogP contribution >= 0.6 is 0 Å². The predicted molar refractivity (Wildman–Crippen MR) is 103 cm³/mol. The Labute approximate surface area is 163 Å². The van der Waals surface area contributed by atoms with Gasteiger partial charge in [0.15, 0.2) is 5.65 Å². The molecule has 4 aromatic heterocycles. The Morgan fingerprint density at radius 1 is 0.931 bits per heavy atom. The molecule has 4 heterocycles. The maximum Gasteiger partial charge on any atom is 0.333 e. The second-order valence-corrected chi connectivity index (χ2v) is 6.72. The van der Waals surface area contributed by atoms with E-state index in [1.54, 1.807) is 43.7 Å². The molecule has 6 nitrogen and oxygen atoms in total. The smallest absolute Gasteiger partial charge is 0.264 e. The minimum absolute atomic E-state index is 0.201. The zero-order chi connectivity index (χ0) is 20.0. The van der Waals surface area contributed by atoms with Crippen LogP contribution in [0.15, 0.2) is 67.1 Å². The van der Waals surface area contributed by atoms with Crippen LogP contribution in [0.5, 0.6) is 0 Å². The molecular weight excluding hydrogens is 374 g/mol. The zero-order valence-electron chi connectivity index (χ0n) is 15.3. The van der Waals surface area contributed by atoms with Crippen LogP contribution in [-0.4, -0.2) is 29.8 Å². The first-order valence-electron chi connectivity index (χ1n) is 8.90. The van der Waals surface area contributed by atoms with E-state index in [9.17, 15) is 0 Å². The maximum absolute atomic E-state index is 15.3. The van der Waals surface area contributed by atoms with E-state index in [1.807, 2.05) is 18.2 Å². The Morgan fingerprint density at radius 3 is 2.66 bits per heavy atom. The number of alkyl halides is 2. The third kappa shape index (κ3) is 2.89. The predicted octanol–water partition coefficient (Wildman–Crippen LogP) is 4.18. The lowest BCUT2D eigenvalue weighted by molar-refractivity contribution is 0.0307. The Morgan fingerprint density at radius 2 is 1.83 bits per heavy atom. The van der Waals surface area contributed by atoms with Crippen LogP contribution in [0.2, 0.25) is 0 Å². The average Bonchev–Trinajstić information content (AvgIpc) is 3.17. The Hall–Kier alpha value is -3.81. The van der Waals surface area contributed by atoms with Crippen LogP contribution in [-0.2, 0) is 5.92 Å². The van der Waals surface area contributed by atoms with E-state index in [0.717, 1.165) is 15.6 Å². The van der Waals surface area contributed by atoms with E-state index in [1.165, 1.54) is 12.1 Å². The van der Waals surface area contributed by atoms with Crippen molar-refractivity contribution in [2.24, 2.45) is 0 Å². The monoisotopic (exact) mass is 388 g/mol. The molecule has 142 valence electrons. The summed E-state index contributed by atoms with van der Waals surface area (Å²) >= 11 is 0. The number of benzene rings is 1. The second-order valence-electron chi connectivity index (χ2n) is 6.72. The summed E-state index contributed by atoms with van der Waals surface area (Å²) in [5.41, 5.74) is 2.95. The number of aryl methyl sites for hydroxylation is 1. The zero-order valence-corrected chi connectivity index (χ0v) is 15.3. The van der Waals surface area contributed by atoms with Gasteiger partial charge in [0, 0.05) is 40.7 Å². The quantitative estimate of drug-likeness (QED) is 0.464. The van der Waals surface area contributed by atoms with Gasteiger partial charge in [0.1, 0.15) is 0 Å². The summed E-state index contributed by atoms with van der Waals surface area (Å²) in [6.07, 6.45) is 5.09. The van der Waals surface area contributed by atoms with Gasteiger partial charge in [-0.25, -0.2) is 0 Å². The van der Waals surface area contributed by atoms with E-state index >= 15 is 8.78 Å². The molecule has 0 spiro atoms. The van der Waals surface area contributed by atoms with Gasteiger partial charge >= 0.3 is 5.92 Å². The standard InChI is InChI=1S/C21H14F2N6/c1-13-4-7-19-26-27-20(29(19)28-13)21(22,23)17-5-6-18-15(10-17)9-16(12-25-18)14-3-2-8-24-11-14/h2-12H,1H3. The molecule has 5 rings (SSSR count).